The highest BCUT2D eigenvalue weighted by Crippen LogP contribution is 2.38. The smallest absolute Gasteiger partial charge is 0.151 e. The lowest BCUT2D eigenvalue weighted by atomic mass is 9.88. The molecular weight excluding hydrogens is 270 g/mol. The molecule has 0 aromatic rings. The molecular formula is C16H29NO4. The van der Waals surface area contributed by atoms with Gasteiger partial charge in [0.1, 0.15) is 0 Å². The predicted octanol–water partition coefficient (Wildman–Crippen LogP) is 2.74. The molecule has 0 aromatic carbocycles. The zero-order valence-corrected chi connectivity index (χ0v) is 13.1. The van der Waals surface area contributed by atoms with Crippen LogP contribution < -0.4 is 0 Å². The number of nitrogens with zero attached hydrogens (tertiary/aromatic N) is 1. The highest BCUT2D eigenvalue weighted by molar-refractivity contribution is 5.07. The molecule has 1 rings (SSSR count). The maximum Gasteiger partial charge on any atom is 0.151 e. The summed E-state index contributed by atoms with van der Waals surface area (Å²) in [6.07, 6.45) is 7.80. The van der Waals surface area contributed by atoms with Crippen molar-refractivity contribution in [3.63, 3.8) is 0 Å². The summed E-state index contributed by atoms with van der Waals surface area (Å²) in [5.41, 5.74) is -0.881. The molecule has 0 heterocycles. The molecule has 5 nitrogen and oxygen atoms in total. The van der Waals surface area contributed by atoms with Crippen LogP contribution in [0.25, 0.3) is 0 Å². The minimum Gasteiger partial charge on any atom is -0.386 e. The molecule has 1 fully saturated rings. The van der Waals surface area contributed by atoms with Crippen LogP contribution in [0.2, 0.25) is 0 Å². The summed E-state index contributed by atoms with van der Waals surface area (Å²) >= 11 is 0. The van der Waals surface area contributed by atoms with E-state index in [1.807, 2.05) is 6.08 Å². The molecule has 1 aliphatic carbocycles. The summed E-state index contributed by atoms with van der Waals surface area (Å²) in [5, 5.41) is 31.8. The lowest BCUT2D eigenvalue weighted by Gasteiger charge is -2.23. The van der Waals surface area contributed by atoms with Crippen LogP contribution in [0.1, 0.15) is 58.8 Å². The highest BCUT2D eigenvalue weighted by atomic mass is 16.5. The fraction of sp³-hybridized carbons (Fsp3) is 0.875. The van der Waals surface area contributed by atoms with E-state index in [9.17, 15) is 10.0 Å². The van der Waals surface area contributed by atoms with Crippen molar-refractivity contribution in [2.75, 3.05) is 0 Å². The zero-order chi connectivity index (χ0) is 15.9. The van der Waals surface area contributed by atoms with Gasteiger partial charge >= 0.3 is 0 Å². The summed E-state index contributed by atoms with van der Waals surface area (Å²) in [4.78, 5) is 10.9. The monoisotopic (exact) mass is 299 g/mol. The second kappa shape index (κ2) is 8.61. The molecule has 5 heteroatoms. The number of hydrogen-bond donors (Lipinski definition) is 3. The first-order chi connectivity index (χ1) is 9.89. The fourth-order valence-electron chi connectivity index (χ4n) is 3.17. The molecule has 0 bridgehead atoms. The van der Waals surface area contributed by atoms with E-state index in [4.69, 9.17) is 10.2 Å². The lowest BCUT2D eigenvalue weighted by Crippen LogP contribution is -2.24. The Morgan fingerprint density at radius 2 is 2.05 bits per heavy atom. The maximum absolute atomic E-state index is 10.9. The van der Waals surface area contributed by atoms with Crippen molar-refractivity contribution in [2.45, 2.75) is 76.7 Å². The first-order valence-electron chi connectivity index (χ1n) is 8.00. The van der Waals surface area contributed by atoms with Crippen LogP contribution in [0.3, 0.4) is 0 Å². The summed E-state index contributed by atoms with van der Waals surface area (Å²) < 4.78 is 0. The summed E-state index contributed by atoms with van der Waals surface area (Å²) in [6, 6.07) is -0.323. The average Bonchev–Trinajstić information content (AvgIpc) is 2.78. The van der Waals surface area contributed by atoms with E-state index in [1.54, 1.807) is 13.0 Å². The van der Waals surface area contributed by atoms with E-state index in [-0.39, 0.29) is 24.3 Å². The van der Waals surface area contributed by atoms with Crippen LogP contribution in [0, 0.1) is 16.7 Å². The molecule has 3 N–H and O–H groups in total. The minimum atomic E-state index is -1.36. The van der Waals surface area contributed by atoms with Gasteiger partial charge in [-0.2, -0.15) is 4.91 Å². The summed E-state index contributed by atoms with van der Waals surface area (Å²) in [5.74, 6) is -0.0719. The Balaban J connectivity index is 2.65. The SMILES string of the molecule is CCCCCC(C)(O)/C=C/C1[C@@H](CC(O)O)CC[C@H]1N=O. The van der Waals surface area contributed by atoms with Crippen LogP contribution in [0.4, 0.5) is 0 Å². The van der Waals surface area contributed by atoms with Crippen molar-refractivity contribution in [2.24, 2.45) is 17.0 Å². The number of aliphatic hydroxyl groups excluding tert-OH is 1. The van der Waals surface area contributed by atoms with Crippen molar-refractivity contribution in [3.8, 4) is 0 Å². The molecule has 0 aromatic heterocycles. The normalized spacial score (nSPS) is 29.1. The number of hydrogen-bond acceptors (Lipinski definition) is 5. The van der Waals surface area contributed by atoms with E-state index < -0.39 is 11.9 Å². The number of nitroso groups, excluding NO2 is 1. The number of rotatable bonds is 9. The van der Waals surface area contributed by atoms with Gasteiger partial charge in [0.15, 0.2) is 6.29 Å². The van der Waals surface area contributed by atoms with Crippen molar-refractivity contribution in [3.05, 3.63) is 17.1 Å². The Hall–Kier alpha value is -0.780. The van der Waals surface area contributed by atoms with Gasteiger partial charge in [0.05, 0.1) is 11.6 Å². The minimum absolute atomic E-state index is 0.0374. The van der Waals surface area contributed by atoms with E-state index in [2.05, 4.69) is 12.1 Å². The second-order valence-electron chi connectivity index (χ2n) is 6.48. The Labute approximate surface area is 127 Å². The molecule has 0 spiro atoms. The van der Waals surface area contributed by atoms with Crippen molar-refractivity contribution < 1.29 is 15.3 Å². The predicted molar refractivity (Wildman–Crippen MR) is 82.5 cm³/mol. The van der Waals surface area contributed by atoms with Crippen LogP contribution >= 0.6 is 0 Å². The Morgan fingerprint density at radius 3 is 2.62 bits per heavy atom. The van der Waals surface area contributed by atoms with Gasteiger partial charge in [-0.3, -0.25) is 0 Å². The second-order valence-corrected chi connectivity index (χ2v) is 6.48. The highest BCUT2D eigenvalue weighted by Gasteiger charge is 2.36. The van der Waals surface area contributed by atoms with Gasteiger partial charge in [-0.05, 0) is 32.1 Å². The van der Waals surface area contributed by atoms with E-state index in [1.165, 1.54) is 0 Å². The first kappa shape index (κ1) is 18.3. The maximum atomic E-state index is 10.9. The molecule has 0 saturated heterocycles. The van der Waals surface area contributed by atoms with Crippen molar-refractivity contribution in [1.29, 1.82) is 0 Å². The van der Waals surface area contributed by atoms with E-state index in [0.29, 0.717) is 12.8 Å². The standard InChI is InChI=1S/C16H29NO4/c1-3-4-5-9-16(2,20)10-8-13-12(11-15(18)19)6-7-14(13)17-21/h8,10,12-15,18-20H,3-7,9,11H2,1-2H3/b10-8+/t12-,13?,14-,16?/m1/s1. The molecule has 2 unspecified atom stereocenters. The Kier molecular flexibility index (Phi) is 7.49. The third-order valence-electron chi connectivity index (χ3n) is 4.43. The molecule has 0 aliphatic heterocycles. The van der Waals surface area contributed by atoms with E-state index in [0.717, 1.165) is 25.7 Å². The molecule has 0 radical (unpaired) electrons. The Bertz CT molecular complexity index is 341. The average molecular weight is 299 g/mol. The van der Waals surface area contributed by atoms with Crippen LogP contribution in [-0.2, 0) is 0 Å². The van der Waals surface area contributed by atoms with E-state index >= 15 is 0 Å². The van der Waals surface area contributed by atoms with Crippen LogP contribution in [0.15, 0.2) is 17.3 Å². The molecule has 0 amide bonds. The number of unbranched alkanes of at least 4 members (excludes halogenated alkanes) is 2. The fourth-order valence-corrected chi connectivity index (χ4v) is 3.17. The van der Waals surface area contributed by atoms with Gasteiger partial charge in [0.2, 0.25) is 0 Å². The largest absolute Gasteiger partial charge is 0.386 e. The van der Waals surface area contributed by atoms with Crippen LogP contribution in [0.5, 0.6) is 0 Å². The topological polar surface area (TPSA) is 90.1 Å². The summed E-state index contributed by atoms with van der Waals surface area (Å²) in [6.45, 7) is 3.89. The van der Waals surface area contributed by atoms with Crippen molar-refractivity contribution >= 4 is 0 Å². The zero-order valence-electron chi connectivity index (χ0n) is 13.1. The molecule has 1 aliphatic rings. The third-order valence-corrected chi connectivity index (χ3v) is 4.43. The van der Waals surface area contributed by atoms with Gasteiger partial charge in [-0.1, -0.05) is 43.5 Å². The molecule has 122 valence electrons. The van der Waals surface area contributed by atoms with Gasteiger partial charge in [-0.25, -0.2) is 0 Å². The van der Waals surface area contributed by atoms with Crippen molar-refractivity contribution in [1.82, 2.24) is 0 Å². The van der Waals surface area contributed by atoms with Gasteiger partial charge in [-0.15, -0.1) is 0 Å². The lowest BCUT2D eigenvalue weighted by molar-refractivity contribution is -0.0578. The Morgan fingerprint density at radius 1 is 1.33 bits per heavy atom. The first-order valence-corrected chi connectivity index (χ1v) is 8.00. The number of aliphatic hydroxyl groups is 3. The third kappa shape index (κ3) is 6.24. The summed E-state index contributed by atoms with van der Waals surface area (Å²) in [7, 11) is 0. The quantitative estimate of drug-likeness (QED) is 0.264. The van der Waals surface area contributed by atoms with Gasteiger partial charge < -0.3 is 15.3 Å². The van der Waals surface area contributed by atoms with Gasteiger partial charge in [0, 0.05) is 12.3 Å². The molecule has 21 heavy (non-hydrogen) atoms. The molecule has 1 saturated carbocycles. The van der Waals surface area contributed by atoms with Gasteiger partial charge in [0.25, 0.3) is 0 Å². The molecule has 4 atom stereocenters. The van der Waals surface area contributed by atoms with Crippen LogP contribution in [-0.4, -0.2) is 33.3 Å².